The van der Waals surface area contributed by atoms with Crippen molar-refractivity contribution in [1.82, 2.24) is 18.7 Å². The fourth-order valence-corrected chi connectivity index (χ4v) is 4.64. The summed E-state index contributed by atoms with van der Waals surface area (Å²) >= 11 is 0. The zero-order valence-corrected chi connectivity index (χ0v) is 19.2. The predicted molar refractivity (Wildman–Crippen MR) is 132 cm³/mol. The molecular weight excluding hydrogens is 414 g/mol. The van der Waals surface area contributed by atoms with Crippen LogP contribution < -0.4 is 16.1 Å². The summed E-state index contributed by atoms with van der Waals surface area (Å²) in [6, 6.07) is 16.2. The molecule has 0 N–H and O–H groups in total. The largest absolute Gasteiger partial charge is 0.332 e. The van der Waals surface area contributed by atoms with Gasteiger partial charge in [0.1, 0.15) is 0 Å². The molecule has 1 aliphatic rings. The Morgan fingerprint density at radius 1 is 1.00 bits per heavy atom. The van der Waals surface area contributed by atoms with Gasteiger partial charge in [0.2, 0.25) is 5.95 Å². The molecule has 0 saturated carbocycles. The van der Waals surface area contributed by atoms with Crippen LogP contribution in [-0.4, -0.2) is 25.2 Å². The van der Waals surface area contributed by atoms with Gasteiger partial charge >= 0.3 is 5.69 Å². The van der Waals surface area contributed by atoms with Crippen molar-refractivity contribution < 1.29 is 0 Å². The van der Waals surface area contributed by atoms with Crippen LogP contribution in [0.15, 0.2) is 64.2 Å². The summed E-state index contributed by atoms with van der Waals surface area (Å²) in [4.78, 5) is 33.4. The van der Waals surface area contributed by atoms with E-state index in [0.29, 0.717) is 23.7 Å². The van der Waals surface area contributed by atoms with E-state index >= 15 is 0 Å². The van der Waals surface area contributed by atoms with Crippen molar-refractivity contribution in [1.29, 1.82) is 0 Å². The van der Waals surface area contributed by atoms with Crippen LogP contribution >= 0.6 is 0 Å². The topological polar surface area (TPSA) is 65.1 Å². The van der Waals surface area contributed by atoms with Gasteiger partial charge in [-0.25, -0.2) is 4.79 Å². The molecule has 7 heteroatoms. The zero-order valence-electron chi connectivity index (χ0n) is 19.2. The van der Waals surface area contributed by atoms with Crippen LogP contribution in [-0.2, 0) is 20.1 Å². The minimum atomic E-state index is -0.362. The van der Waals surface area contributed by atoms with Crippen molar-refractivity contribution in [2.24, 2.45) is 7.05 Å². The number of aromatic nitrogens is 4. The van der Waals surface area contributed by atoms with E-state index in [1.54, 1.807) is 7.05 Å². The van der Waals surface area contributed by atoms with Gasteiger partial charge in [-0.05, 0) is 49.1 Å². The van der Waals surface area contributed by atoms with E-state index in [1.807, 2.05) is 47.1 Å². The average Bonchev–Trinajstić information content (AvgIpc) is 3.20. The van der Waals surface area contributed by atoms with E-state index in [4.69, 9.17) is 4.98 Å². The molecule has 168 valence electrons. The second kappa shape index (κ2) is 8.24. The monoisotopic (exact) mass is 441 g/mol. The molecule has 7 nitrogen and oxygen atoms in total. The number of benzene rings is 2. The second-order valence-electron chi connectivity index (χ2n) is 8.66. The van der Waals surface area contributed by atoms with Gasteiger partial charge in [-0.3, -0.25) is 13.9 Å². The van der Waals surface area contributed by atoms with E-state index in [-0.39, 0.29) is 17.8 Å². The van der Waals surface area contributed by atoms with Crippen molar-refractivity contribution in [2.75, 3.05) is 11.4 Å². The number of nitrogens with zero attached hydrogens (tertiary/aromatic N) is 5. The normalized spacial score (nSPS) is 13.7. The van der Waals surface area contributed by atoms with Crippen molar-refractivity contribution in [3.8, 4) is 0 Å². The van der Waals surface area contributed by atoms with E-state index in [1.165, 1.54) is 20.3 Å². The van der Waals surface area contributed by atoms with Crippen molar-refractivity contribution in [3.05, 3.63) is 92.1 Å². The fourth-order valence-electron chi connectivity index (χ4n) is 4.64. The average molecular weight is 442 g/mol. The third-order valence-corrected chi connectivity index (χ3v) is 6.13. The van der Waals surface area contributed by atoms with Gasteiger partial charge in [0, 0.05) is 32.4 Å². The number of anilines is 2. The fraction of sp³-hybridized carbons (Fsp3) is 0.269. The Morgan fingerprint density at radius 2 is 1.73 bits per heavy atom. The van der Waals surface area contributed by atoms with Gasteiger partial charge in [-0.2, -0.15) is 4.98 Å². The maximum atomic E-state index is 13.5. The first-order valence-electron chi connectivity index (χ1n) is 11.2. The molecule has 33 heavy (non-hydrogen) atoms. The van der Waals surface area contributed by atoms with E-state index < -0.39 is 0 Å². The van der Waals surface area contributed by atoms with E-state index in [9.17, 15) is 9.59 Å². The summed E-state index contributed by atoms with van der Waals surface area (Å²) in [5.74, 6) is 0.714. The Bertz CT molecular complexity index is 1470. The quantitative estimate of drug-likeness (QED) is 0.484. The molecule has 0 unspecified atom stereocenters. The third-order valence-electron chi connectivity index (χ3n) is 6.13. The molecule has 0 atom stereocenters. The second-order valence-corrected chi connectivity index (χ2v) is 8.66. The molecule has 0 aliphatic carbocycles. The minimum absolute atomic E-state index is 0.206. The first kappa shape index (κ1) is 21.0. The molecule has 2 aromatic heterocycles. The number of rotatable bonds is 4. The van der Waals surface area contributed by atoms with E-state index in [2.05, 4.69) is 36.9 Å². The van der Waals surface area contributed by atoms with E-state index in [0.717, 1.165) is 24.2 Å². The number of hydrogen-bond acceptors (Lipinski definition) is 4. The first-order valence-corrected chi connectivity index (χ1v) is 11.2. The van der Waals surface area contributed by atoms with Gasteiger partial charge in [0.25, 0.3) is 5.56 Å². The zero-order chi connectivity index (χ0) is 23.1. The number of fused-ring (bicyclic) bond motifs is 3. The molecule has 0 spiro atoms. The smallest absolute Gasteiger partial charge is 0.312 e. The van der Waals surface area contributed by atoms with Gasteiger partial charge < -0.3 is 9.47 Å². The van der Waals surface area contributed by atoms with Gasteiger partial charge in [0.15, 0.2) is 11.2 Å². The Morgan fingerprint density at radius 3 is 2.45 bits per heavy atom. The summed E-state index contributed by atoms with van der Waals surface area (Å²) in [6.45, 7) is 5.87. The number of hydrogen-bond donors (Lipinski definition) is 0. The third kappa shape index (κ3) is 3.69. The van der Waals surface area contributed by atoms with Crippen LogP contribution in [0.2, 0.25) is 0 Å². The van der Waals surface area contributed by atoms with Crippen molar-refractivity contribution >= 4 is 28.9 Å². The van der Waals surface area contributed by atoms with Crippen LogP contribution in [0.25, 0.3) is 17.2 Å². The maximum absolute atomic E-state index is 13.5. The molecule has 4 aromatic rings. The lowest BCUT2D eigenvalue weighted by Gasteiger charge is -2.29. The highest BCUT2D eigenvalue weighted by Gasteiger charge is 2.27. The Labute approximate surface area is 191 Å². The molecule has 3 heterocycles. The van der Waals surface area contributed by atoms with Crippen molar-refractivity contribution in [3.63, 3.8) is 0 Å². The molecule has 5 rings (SSSR count). The Hall–Kier alpha value is -3.87. The molecule has 0 bridgehead atoms. The van der Waals surface area contributed by atoms with Crippen LogP contribution in [0.3, 0.4) is 0 Å². The van der Waals surface area contributed by atoms with Gasteiger partial charge in [-0.1, -0.05) is 48.6 Å². The van der Waals surface area contributed by atoms with Crippen LogP contribution in [0.4, 0.5) is 11.6 Å². The lowest BCUT2D eigenvalue weighted by molar-refractivity contribution is 0.598. The standard InChI is InChI=1S/C26H27N5O2/c1-18-15-19(2)17-21(16-18)29-13-8-14-30-22-23(27-25(29)30)28(3)26(33)31(24(22)32)12-7-11-20-9-5-4-6-10-20/h4-7,9-11,15-17H,8,12-14H2,1-3H3/b11-7-. The predicted octanol–water partition coefficient (Wildman–Crippen LogP) is 3.77. The number of allylic oxidation sites excluding steroid dienone is 1. The summed E-state index contributed by atoms with van der Waals surface area (Å²) in [6.07, 6.45) is 4.66. The maximum Gasteiger partial charge on any atom is 0.332 e. The van der Waals surface area contributed by atoms with Gasteiger partial charge in [-0.15, -0.1) is 0 Å². The van der Waals surface area contributed by atoms with Crippen LogP contribution in [0, 0.1) is 13.8 Å². The molecule has 0 saturated heterocycles. The SMILES string of the molecule is Cc1cc(C)cc(N2CCCn3c2nc2c3c(=O)n(C/C=C\c3ccccc3)c(=O)n2C)c1. The number of imidazole rings is 1. The Balaban J connectivity index is 1.62. The van der Waals surface area contributed by atoms with Crippen molar-refractivity contribution in [2.45, 2.75) is 33.4 Å². The highest BCUT2D eigenvalue weighted by atomic mass is 16.2. The van der Waals surface area contributed by atoms with Crippen LogP contribution in [0.5, 0.6) is 0 Å². The Kier molecular flexibility index (Phi) is 5.24. The summed E-state index contributed by atoms with van der Waals surface area (Å²) in [5, 5.41) is 0. The van der Waals surface area contributed by atoms with Crippen LogP contribution in [0.1, 0.15) is 23.1 Å². The highest BCUT2D eigenvalue weighted by Crippen LogP contribution is 2.32. The minimum Gasteiger partial charge on any atom is -0.312 e. The first-order chi connectivity index (χ1) is 15.9. The lowest BCUT2D eigenvalue weighted by atomic mass is 10.1. The molecule has 0 radical (unpaired) electrons. The lowest BCUT2D eigenvalue weighted by Crippen LogP contribution is -2.39. The summed E-state index contributed by atoms with van der Waals surface area (Å²) < 4.78 is 4.74. The summed E-state index contributed by atoms with van der Waals surface area (Å²) in [5.41, 5.74) is 4.69. The molecular formula is C26H27N5O2. The number of aryl methyl sites for hydroxylation is 4. The molecule has 2 aromatic carbocycles. The summed E-state index contributed by atoms with van der Waals surface area (Å²) in [7, 11) is 1.68. The van der Waals surface area contributed by atoms with Gasteiger partial charge in [0.05, 0.1) is 0 Å². The highest BCUT2D eigenvalue weighted by molar-refractivity contribution is 5.77. The molecule has 0 fully saturated rings. The molecule has 0 amide bonds. The molecule has 1 aliphatic heterocycles.